The summed E-state index contributed by atoms with van der Waals surface area (Å²) < 4.78 is 28.4. The van der Waals surface area contributed by atoms with E-state index in [4.69, 9.17) is 0 Å². The molecule has 160 valence electrons. The van der Waals surface area contributed by atoms with Gasteiger partial charge < -0.3 is 5.32 Å². The van der Waals surface area contributed by atoms with E-state index >= 15 is 0 Å². The zero-order chi connectivity index (χ0) is 22.2. The Morgan fingerprint density at radius 2 is 1.84 bits per heavy atom. The average molecular weight is 433 g/mol. The van der Waals surface area contributed by atoms with E-state index in [2.05, 4.69) is 15.3 Å². The van der Waals surface area contributed by atoms with Crippen molar-refractivity contribution in [2.24, 2.45) is 0 Å². The third kappa shape index (κ3) is 3.47. The number of aromatic nitrogens is 3. The van der Waals surface area contributed by atoms with Gasteiger partial charge in [-0.1, -0.05) is 18.2 Å². The standard InChI is InChI=1S/C23H17F2N5O2/c24-16-9-8-14(11-17(16)25)27-21(31)12-20-22(32)29(13-15-5-3-4-10-26-15)23-28-18-6-1-2-7-19(18)30(20)23/h1-11,20H,12-13H2,(H,27,31)/t20-/m1/s1. The lowest BCUT2D eigenvalue weighted by molar-refractivity contribution is -0.124. The van der Waals surface area contributed by atoms with Crippen molar-refractivity contribution in [1.29, 1.82) is 0 Å². The predicted octanol–water partition coefficient (Wildman–Crippen LogP) is 3.83. The van der Waals surface area contributed by atoms with Crippen molar-refractivity contribution in [3.05, 3.63) is 84.2 Å². The molecule has 7 nitrogen and oxygen atoms in total. The SMILES string of the molecule is O=C(C[C@@H]1C(=O)N(Cc2ccccn2)c2nc3ccccc3n21)Nc1ccc(F)c(F)c1. The van der Waals surface area contributed by atoms with Gasteiger partial charge in [0, 0.05) is 18.0 Å². The number of nitrogens with one attached hydrogen (secondary N) is 1. The first-order valence-corrected chi connectivity index (χ1v) is 9.94. The smallest absolute Gasteiger partial charge is 0.253 e. The number of para-hydroxylation sites is 2. The van der Waals surface area contributed by atoms with Crippen LogP contribution in [0.25, 0.3) is 11.0 Å². The largest absolute Gasteiger partial charge is 0.326 e. The lowest BCUT2D eigenvalue weighted by Gasteiger charge is -2.15. The average Bonchev–Trinajstić information content (AvgIpc) is 3.28. The highest BCUT2D eigenvalue weighted by molar-refractivity contribution is 6.05. The van der Waals surface area contributed by atoms with E-state index in [9.17, 15) is 18.4 Å². The molecule has 1 aliphatic heterocycles. The van der Waals surface area contributed by atoms with Gasteiger partial charge in [-0.25, -0.2) is 13.8 Å². The number of carbonyl (C=O) groups is 2. The summed E-state index contributed by atoms with van der Waals surface area (Å²) in [5, 5.41) is 2.53. The molecule has 32 heavy (non-hydrogen) atoms. The van der Waals surface area contributed by atoms with Crippen molar-refractivity contribution in [3.63, 3.8) is 0 Å². The van der Waals surface area contributed by atoms with Crippen molar-refractivity contribution in [3.8, 4) is 0 Å². The highest BCUT2D eigenvalue weighted by atomic mass is 19.2. The predicted molar refractivity (Wildman–Crippen MR) is 114 cm³/mol. The van der Waals surface area contributed by atoms with E-state index in [-0.39, 0.29) is 24.6 Å². The molecule has 1 atom stereocenters. The second-order valence-electron chi connectivity index (χ2n) is 7.41. The molecule has 0 saturated carbocycles. The van der Waals surface area contributed by atoms with Gasteiger partial charge in [-0.3, -0.25) is 24.0 Å². The minimum atomic E-state index is -1.07. The van der Waals surface area contributed by atoms with Crippen LogP contribution < -0.4 is 10.2 Å². The summed E-state index contributed by atoms with van der Waals surface area (Å²) >= 11 is 0. The number of hydrogen-bond donors (Lipinski definition) is 1. The van der Waals surface area contributed by atoms with E-state index in [0.29, 0.717) is 17.2 Å². The first-order valence-electron chi connectivity index (χ1n) is 9.94. The molecule has 9 heteroatoms. The Labute approximate surface area is 181 Å². The van der Waals surface area contributed by atoms with Crippen LogP contribution in [0.3, 0.4) is 0 Å². The highest BCUT2D eigenvalue weighted by Crippen LogP contribution is 2.37. The van der Waals surface area contributed by atoms with Crippen LogP contribution in [-0.2, 0) is 16.1 Å². The summed E-state index contributed by atoms with van der Waals surface area (Å²) in [5.74, 6) is -2.42. The Morgan fingerprint density at radius 1 is 1.03 bits per heavy atom. The number of amides is 2. The molecule has 0 saturated heterocycles. The van der Waals surface area contributed by atoms with Gasteiger partial charge in [0.15, 0.2) is 11.6 Å². The van der Waals surface area contributed by atoms with Gasteiger partial charge in [-0.05, 0) is 36.4 Å². The number of rotatable bonds is 5. The quantitative estimate of drug-likeness (QED) is 0.519. The molecule has 0 aliphatic carbocycles. The molecule has 4 aromatic rings. The molecule has 2 aromatic carbocycles. The van der Waals surface area contributed by atoms with E-state index in [0.717, 1.165) is 17.6 Å². The monoisotopic (exact) mass is 433 g/mol. The van der Waals surface area contributed by atoms with E-state index in [1.54, 1.807) is 16.8 Å². The number of nitrogens with zero attached hydrogens (tertiary/aromatic N) is 4. The summed E-state index contributed by atoms with van der Waals surface area (Å²) in [6.45, 7) is 0.213. The molecule has 3 heterocycles. The number of pyridine rings is 1. The topological polar surface area (TPSA) is 80.1 Å². The molecular formula is C23H17F2N5O2. The van der Waals surface area contributed by atoms with Gasteiger partial charge in [-0.2, -0.15) is 0 Å². The number of anilines is 2. The normalized spacial score (nSPS) is 15.2. The fourth-order valence-electron chi connectivity index (χ4n) is 3.86. The Morgan fingerprint density at radius 3 is 2.62 bits per heavy atom. The van der Waals surface area contributed by atoms with Gasteiger partial charge >= 0.3 is 0 Å². The molecule has 5 rings (SSSR count). The van der Waals surface area contributed by atoms with E-state index in [1.807, 2.05) is 36.4 Å². The summed E-state index contributed by atoms with van der Waals surface area (Å²) in [6.07, 6.45) is 1.45. The lowest BCUT2D eigenvalue weighted by Crippen LogP contribution is -2.31. The number of carbonyl (C=O) groups excluding carboxylic acids is 2. The second kappa shape index (κ2) is 7.84. The maximum absolute atomic E-state index is 13.5. The first kappa shape index (κ1) is 19.8. The Kier molecular flexibility index (Phi) is 4.85. The van der Waals surface area contributed by atoms with Crippen LogP contribution in [0.5, 0.6) is 0 Å². The van der Waals surface area contributed by atoms with E-state index in [1.165, 1.54) is 11.0 Å². The van der Waals surface area contributed by atoms with Gasteiger partial charge in [0.2, 0.25) is 11.9 Å². The summed E-state index contributed by atoms with van der Waals surface area (Å²) in [7, 11) is 0. The molecule has 1 N–H and O–H groups in total. The number of halogens is 2. The van der Waals surface area contributed by atoms with Crippen LogP contribution in [0.1, 0.15) is 18.2 Å². The van der Waals surface area contributed by atoms with Gasteiger partial charge in [-0.15, -0.1) is 0 Å². The van der Waals surface area contributed by atoms with Crippen LogP contribution in [0.4, 0.5) is 20.4 Å². The third-order valence-corrected chi connectivity index (χ3v) is 5.31. The molecule has 0 radical (unpaired) electrons. The van der Waals surface area contributed by atoms with Crippen LogP contribution in [0.15, 0.2) is 66.9 Å². The Balaban J connectivity index is 1.46. The van der Waals surface area contributed by atoms with Crippen LogP contribution >= 0.6 is 0 Å². The zero-order valence-electron chi connectivity index (χ0n) is 16.7. The molecule has 0 spiro atoms. The molecule has 1 aliphatic rings. The fourth-order valence-corrected chi connectivity index (χ4v) is 3.86. The first-order chi connectivity index (χ1) is 15.5. The molecular weight excluding hydrogens is 416 g/mol. The van der Waals surface area contributed by atoms with Crippen LogP contribution in [-0.4, -0.2) is 26.3 Å². The van der Waals surface area contributed by atoms with Crippen molar-refractivity contribution in [2.45, 2.75) is 19.0 Å². The maximum atomic E-state index is 13.5. The summed E-state index contributed by atoms with van der Waals surface area (Å²) in [4.78, 5) is 36.4. The number of benzene rings is 2. The summed E-state index contributed by atoms with van der Waals surface area (Å²) in [6, 6.07) is 15.0. The Bertz CT molecular complexity index is 1340. The van der Waals surface area contributed by atoms with Crippen molar-refractivity contribution >= 4 is 34.5 Å². The molecule has 0 fully saturated rings. The number of fused-ring (bicyclic) bond motifs is 3. The highest BCUT2D eigenvalue weighted by Gasteiger charge is 2.41. The maximum Gasteiger partial charge on any atom is 0.253 e. The second-order valence-corrected chi connectivity index (χ2v) is 7.41. The van der Waals surface area contributed by atoms with Gasteiger partial charge in [0.1, 0.15) is 6.04 Å². The minimum absolute atomic E-state index is 0.111. The molecule has 2 amide bonds. The molecule has 2 aromatic heterocycles. The van der Waals surface area contributed by atoms with Crippen molar-refractivity contribution in [1.82, 2.24) is 14.5 Å². The third-order valence-electron chi connectivity index (χ3n) is 5.31. The van der Waals surface area contributed by atoms with Crippen LogP contribution in [0.2, 0.25) is 0 Å². The molecule has 0 bridgehead atoms. The van der Waals surface area contributed by atoms with Crippen molar-refractivity contribution in [2.75, 3.05) is 10.2 Å². The van der Waals surface area contributed by atoms with Crippen LogP contribution in [0, 0.1) is 11.6 Å². The fraction of sp³-hybridized carbons (Fsp3) is 0.130. The minimum Gasteiger partial charge on any atom is -0.326 e. The van der Waals surface area contributed by atoms with E-state index < -0.39 is 23.6 Å². The van der Waals surface area contributed by atoms with Gasteiger partial charge in [0.05, 0.1) is 29.7 Å². The summed E-state index contributed by atoms with van der Waals surface area (Å²) in [5.41, 5.74) is 2.23. The Hall–Kier alpha value is -4.14. The molecule has 0 unspecified atom stereocenters. The number of imidazole rings is 1. The zero-order valence-corrected chi connectivity index (χ0v) is 16.7. The lowest BCUT2D eigenvalue weighted by atomic mass is 10.1. The van der Waals surface area contributed by atoms with Gasteiger partial charge in [0.25, 0.3) is 5.91 Å². The van der Waals surface area contributed by atoms with Crippen molar-refractivity contribution < 1.29 is 18.4 Å². The number of hydrogen-bond acceptors (Lipinski definition) is 4.